The maximum atomic E-state index is 12.0. The lowest BCUT2D eigenvalue weighted by Gasteiger charge is -2.36. The van der Waals surface area contributed by atoms with Gasteiger partial charge in [0, 0.05) is 24.2 Å². The van der Waals surface area contributed by atoms with E-state index in [2.05, 4.69) is 26.8 Å². The van der Waals surface area contributed by atoms with Gasteiger partial charge in [-0.25, -0.2) is 14.3 Å². The Morgan fingerprint density at radius 3 is 2.60 bits per heavy atom. The van der Waals surface area contributed by atoms with Crippen LogP contribution < -0.4 is 0 Å². The second-order valence-electron chi connectivity index (χ2n) is 9.85. The summed E-state index contributed by atoms with van der Waals surface area (Å²) in [5.74, 6) is 1.26. The maximum Gasteiger partial charge on any atom is 0.409 e. The van der Waals surface area contributed by atoms with Gasteiger partial charge in [-0.05, 0) is 50.0 Å². The molecule has 1 saturated heterocycles. The van der Waals surface area contributed by atoms with Crippen LogP contribution in [-0.4, -0.2) is 52.4 Å². The molecule has 0 bridgehead atoms. The highest BCUT2D eigenvalue weighted by molar-refractivity contribution is 5.67. The fraction of sp³-hybridized carbons (Fsp3) is 0.696. The number of nitrogens with zero attached hydrogens (tertiary/aromatic N) is 4. The molecule has 2 aromatic rings. The zero-order chi connectivity index (χ0) is 21.5. The summed E-state index contributed by atoms with van der Waals surface area (Å²) in [5.41, 5.74) is 4.23. The fourth-order valence-corrected chi connectivity index (χ4v) is 4.95. The number of amides is 1. The quantitative estimate of drug-likeness (QED) is 0.724. The topological polar surface area (TPSA) is 69.0 Å². The molecule has 7 heteroatoms. The predicted molar refractivity (Wildman–Crippen MR) is 115 cm³/mol. The molecule has 1 aliphatic heterocycles. The molecule has 164 valence electrons. The molecule has 4 rings (SSSR count). The van der Waals surface area contributed by atoms with Crippen molar-refractivity contribution in [2.24, 2.45) is 11.3 Å². The Kier molecular flexibility index (Phi) is 5.75. The summed E-state index contributed by atoms with van der Waals surface area (Å²) in [6.45, 7) is 10.5. The van der Waals surface area contributed by atoms with Crippen LogP contribution in [0.1, 0.15) is 75.6 Å². The van der Waals surface area contributed by atoms with Crippen molar-refractivity contribution >= 4 is 11.7 Å². The highest BCUT2D eigenvalue weighted by Gasteiger charge is 2.32. The van der Waals surface area contributed by atoms with Gasteiger partial charge in [0.1, 0.15) is 6.10 Å². The third kappa shape index (κ3) is 4.17. The molecular formula is C23H34N4O3. The molecule has 0 unspecified atom stereocenters. The Hall–Kier alpha value is -2.15. The van der Waals surface area contributed by atoms with Gasteiger partial charge in [0.2, 0.25) is 0 Å². The van der Waals surface area contributed by atoms with Gasteiger partial charge in [-0.15, -0.1) is 0 Å². The molecule has 30 heavy (non-hydrogen) atoms. The lowest BCUT2D eigenvalue weighted by molar-refractivity contribution is -0.0287. The van der Waals surface area contributed by atoms with Crippen molar-refractivity contribution in [2.75, 3.05) is 26.8 Å². The van der Waals surface area contributed by atoms with Crippen LogP contribution in [0.4, 0.5) is 4.79 Å². The average Bonchev–Trinajstić information content (AvgIpc) is 3.16. The minimum absolute atomic E-state index is 0.244. The molecule has 0 aromatic carbocycles. The van der Waals surface area contributed by atoms with E-state index >= 15 is 0 Å². The molecule has 1 atom stereocenters. The molecule has 0 radical (unpaired) electrons. The number of aromatic nitrogens is 3. The van der Waals surface area contributed by atoms with E-state index < -0.39 is 0 Å². The van der Waals surface area contributed by atoms with E-state index in [1.807, 2.05) is 17.5 Å². The van der Waals surface area contributed by atoms with Gasteiger partial charge in [0.05, 0.1) is 31.6 Å². The maximum absolute atomic E-state index is 12.0. The van der Waals surface area contributed by atoms with E-state index in [0.717, 1.165) is 28.6 Å². The van der Waals surface area contributed by atoms with Crippen molar-refractivity contribution in [3.05, 3.63) is 29.2 Å². The Labute approximate surface area is 178 Å². The van der Waals surface area contributed by atoms with Crippen LogP contribution in [0.15, 0.2) is 12.1 Å². The molecule has 2 aliphatic rings. The predicted octanol–water partition coefficient (Wildman–Crippen LogP) is 4.50. The summed E-state index contributed by atoms with van der Waals surface area (Å²) in [6, 6.07) is 4.16. The number of carbonyl (C=O) groups excluding carboxylic acids is 1. The number of morpholine rings is 1. The monoisotopic (exact) mass is 414 g/mol. The number of ether oxygens (including phenoxy) is 2. The van der Waals surface area contributed by atoms with Gasteiger partial charge in [0.15, 0.2) is 5.65 Å². The lowest BCUT2D eigenvalue weighted by Crippen LogP contribution is -2.42. The van der Waals surface area contributed by atoms with Gasteiger partial charge < -0.3 is 14.4 Å². The molecular weight excluding hydrogens is 380 g/mol. The van der Waals surface area contributed by atoms with E-state index in [9.17, 15) is 4.79 Å². The third-order valence-corrected chi connectivity index (χ3v) is 6.80. The van der Waals surface area contributed by atoms with Gasteiger partial charge >= 0.3 is 6.09 Å². The van der Waals surface area contributed by atoms with Crippen LogP contribution in [0.5, 0.6) is 0 Å². The van der Waals surface area contributed by atoms with Crippen LogP contribution in [0.3, 0.4) is 0 Å². The van der Waals surface area contributed by atoms with Gasteiger partial charge in [0.25, 0.3) is 0 Å². The van der Waals surface area contributed by atoms with Crippen LogP contribution in [0.25, 0.3) is 5.65 Å². The van der Waals surface area contributed by atoms with Gasteiger partial charge in [-0.1, -0.05) is 20.8 Å². The Morgan fingerprint density at radius 2 is 1.93 bits per heavy atom. The normalized spacial score (nSPS) is 25.5. The smallest absolute Gasteiger partial charge is 0.409 e. The van der Waals surface area contributed by atoms with Crippen molar-refractivity contribution in [3.63, 3.8) is 0 Å². The zero-order valence-corrected chi connectivity index (χ0v) is 18.9. The molecule has 3 heterocycles. The molecule has 0 spiro atoms. The van der Waals surface area contributed by atoms with Gasteiger partial charge in [-0.3, -0.25) is 0 Å². The van der Waals surface area contributed by atoms with Crippen LogP contribution in [-0.2, 0) is 9.47 Å². The van der Waals surface area contributed by atoms with Crippen molar-refractivity contribution < 1.29 is 14.3 Å². The number of hydrogen-bond donors (Lipinski definition) is 0. The highest BCUT2D eigenvalue weighted by atomic mass is 16.5. The first-order valence-corrected chi connectivity index (χ1v) is 11.1. The van der Waals surface area contributed by atoms with Crippen molar-refractivity contribution in [3.8, 4) is 0 Å². The lowest BCUT2D eigenvalue weighted by atomic mass is 9.69. The minimum Gasteiger partial charge on any atom is -0.453 e. The number of methoxy groups -OCH3 is 1. The van der Waals surface area contributed by atoms with E-state index in [-0.39, 0.29) is 12.2 Å². The first-order valence-electron chi connectivity index (χ1n) is 11.1. The van der Waals surface area contributed by atoms with E-state index in [1.165, 1.54) is 32.8 Å². The van der Waals surface area contributed by atoms with Gasteiger partial charge in [-0.2, -0.15) is 5.10 Å². The molecule has 1 amide bonds. The Morgan fingerprint density at radius 1 is 1.20 bits per heavy atom. The van der Waals surface area contributed by atoms with E-state index in [4.69, 9.17) is 19.6 Å². The Bertz CT molecular complexity index is 909. The van der Waals surface area contributed by atoms with Crippen LogP contribution in [0, 0.1) is 18.3 Å². The average molecular weight is 415 g/mol. The third-order valence-electron chi connectivity index (χ3n) is 6.80. The first-order chi connectivity index (χ1) is 14.3. The van der Waals surface area contributed by atoms with Crippen molar-refractivity contribution in [1.29, 1.82) is 0 Å². The summed E-state index contributed by atoms with van der Waals surface area (Å²) >= 11 is 0. The summed E-state index contributed by atoms with van der Waals surface area (Å²) in [4.78, 5) is 18.4. The number of aryl methyl sites for hydroxylation is 1. The summed E-state index contributed by atoms with van der Waals surface area (Å²) in [6.07, 6.45) is 4.29. The second kappa shape index (κ2) is 8.17. The van der Waals surface area contributed by atoms with Crippen molar-refractivity contribution in [1.82, 2.24) is 19.5 Å². The summed E-state index contributed by atoms with van der Waals surface area (Å²) in [5, 5.41) is 4.97. The molecule has 2 aromatic heterocycles. The van der Waals surface area contributed by atoms with Crippen molar-refractivity contribution in [2.45, 2.75) is 65.4 Å². The standard InChI is InChI=1S/C23H34N4O3/c1-15-12-19(20-14-26(10-11-30-20)22(28)29-5)27-21(24-15)13-18(25-27)16-6-8-17(9-7-16)23(2,3)4/h12-13,16-17,20H,6-11,14H2,1-5H3/t16-,17-,20-/m1/s1. The number of fused-ring (bicyclic) bond motifs is 1. The zero-order valence-electron chi connectivity index (χ0n) is 18.9. The van der Waals surface area contributed by atoms with E-state index in [1.54, 1.807) is 4.90 Å². The number of rotatable bonds is 2. The minimum atomic E-state index is -0.318. The largest absolute Gasteiger partial charge is 0.453 e. The van der Waals surface area contributed by atoms with Crippen LogP contribution >= 0.6 is 0 Å². The molecule has 1 aliphatic carbocycles. The van der Waals surface area contributed by atoms with Crippen LogP contribution in [0.2, 0.25) is 0 Å². The molecule has 0 N–H and O–H groups in total. The molecule has 7 nitrogen and oxygen atoms in total. The fourth-order valence-electron chi connectivity index (χ4n) is 4.95. The highest BCUT2D eigenvalue weighted by Crippen LogP contribution is 2.43. The SMILES string of the molecule is COC(=O)N1CCO[C@@H](c2cc(C)nc3cc([C@H]4CC[C@H](C(C)(C)C)CC4)nn23)C1. The number of hydrogen-bond acceptors (Lipinski definition) is 5. The summed E-state index contributed by atoms with van der Waals surface area (Å²) in [7, 11) is 1.41. The van der Waals surface area contributed by atoms with E-state index in [0.29, 0.717) is 31.0 Å². The molecule has 2 fully saturated rings. The molecule has 1 saturated carbocycles. The summed E-state index contributed by atoms with van der Waals surface area (Å²) < 4.78 is 12.8. The Balaban J connectivity index is 1.59. The number of carbonyl (C=O) groups is 1. The second-order valence-corrected chi connectivity index (χ2v) is 9.85. The first kappa shape index (κ1) is 21.1.